The Labute approximate surface area is 183 Å². The highest BCUT2D eigenvalue weighted by Gasteiger charge is 2.29. The van der Waals surface area contributed by atoms with Crippen molar-refractivity contribution in [2.75, 3.05) is 43.4 Å². The summed E-state index contributed by atoms with van der Waals surface area (Å²) >= 11 is 0. The summed E-state index contributed by atoms with van der Waals surface area (Å²) < 4.78 is 5.55. The molecule has 2 fully saturated rings. The van der Waals surface area contributed by atoms with Gasteiger partial charge in [0.2, 0.25) is 5.91 Å². The second kappa shape index (κ2) is 11.5. The minimum Gasteiger partial charge on any atom is -0.376 e. The molecule has 0 radical (unpaired) electrons. The molecule has 1 aromatic carbocycles. The van der Waals surface area contributed by atoms with Crippen molar-refractivity contribution in [3.63, 3.8) is 0 Å². The summed E-state index contributed by atoms with van der Waals surface area (Å²) in [5.74, 6) is -0.209. The molecule has 0 aromatic heterocycles. The molecule has 9 heteroatoms. The van der Waals surface area contributed by atoms with Crippen LogP contribution in [0.4, 0.5) is 21.0 Å². The molecule has 2 aliphatic rings. The number of ether oxygens (including phenoxy) is 1. The second-order valence-corrected chi connectivity index (χ2v) is 8.05. The zero-order valence-corrected chi connectivity index (χ0v) is 18.1. The summed E-state index contributed by atoms with van der Waals surface area (Å²) in [6, 6.07) is 6.47. The summed E-state index contributed by atoms with van der Waals surface area (Å²) in [7, 11) is 0. The first kappa shape index (κ1) is 22.9. The molecule has 2 heterocycles. The molecule has 1 aromatic rings. The number of amides is 5. The highest BCUT2D eigenvalue weighted by molar-refractivity contribution is 5.92. The van der Waals surface area contributed by atoms with Gasteiger partial charge in [0, 0.05) is 44.2 Å². The normalized spacial score (nSPS) is 20.7. The average Bonchev–Trinajstić information content (AvgIpc) is 3.31. The van der Waals surface area contributed by atoms with Crippen LogP contribution in [0.1, 0.15) is 39.0 Å². The van der Waals surface area contributed by atoms with E-state index >= 15 is 0 Å². The third kappa shape index (κ3) is 7.13. The number of urea groups is 2. The number of piperidine rings is 1. The standard InChI is InChI=1S/C22H33N5O4/c1-2-11-23-21(29)25-17-7-9-18(10-8-17)26-22(30)27-12-3-5-16(15-27)20(28)24-14-19-6-4-13-31-19/h7-10,16,19H,2-6,11-15H2,1H3,(H,24,28)(H,26,30)(H2,23,25,29)/t16-,19-/m0/s1. The largest absolute Gasteiger partial charge is 0.376 e. The molecule has 0 unspecified atom stereocenters. The van der Waals surface area contributed by atoms with E-state index in [0.29, 0.717) is 37.6 Å². The fraction of sp³-hybridized carbons (Fsp3) is 0.591. The Kier molecular flexibility index (Phi) is 8.52. The zero-order chi connectivity index (χ0) is 22.1. The van der Waals surface area contributed by atoms with E-state index in [0.717, 1.165) is 38.7 Å². The highest BCUT2D eigenvalue weighted by atomic mass is 16.5. The third-order valence-corrected chi connectivity index (χ3v) is 5.54. The van der Waals surface area contributed by atoms with Crippen LogP contribution >= 0.6 is 0 Å². The van der Waals surface area contributed by atoms with Crippen molar-refractivity contribution in [2.45, 2.75) is 45.1 Å². The molecule has 0 saturated carbocycles. The Bertz CT molecular complexity index is 749. The molecule has 2 aliphatic heterocycles. The molecule has 170 valence electrons. The van der Waals surface area contributed by atoms with E-state index in [4.69, 9.17) is 4.74 Å². The van der Waals surface area contributed by atoms with Gasteiger partial charge >= 0.3 is 12.1 Å². The predicted molar refractivity (Wildman–Crippen MR) is 119 cm³/mol. The van der Waals surface area contributed by atoms with Crippen LogP contribution in [0.15, 0.2) is 24.3 Å². The number of rotatable bonds is 7. The average molecular weight is 432 g/mol. The minimum absolute atomic E-state index is 0.00947. The maximum Gasteiger partial charge on any atom is 0.321 e. The van der Waals surface area contributed by atoms with Gasteiger partial charge in [-0.25, -0.2) is 9.59 Å². The summed E-state index contributed by atoms with van der Waals surface area (Å²) in [6.45, 7) is 4.93. The number of nitrogens with zero attached hydrogens (tertiary/aromatic N) is 1. The Morgan fingerprint density at radius 3 is 2.45 bits per heavy atom. The van der Waals surface area contributed by atoms with Gasteiger partial charge in [0.1, 0.15) is 0 Å². The first-order chi connectivity index (χ1) is 15.0. The number of carbonyl (C=O) groups excluding carboxylic acids is 3. The maximum absolute atomic E-state index is 12.7. The van der Waals surface area contributed by atoms with E-state index in [1.165, 1.54) is 0 Å². The predicted octanol–water partition coefficient (Wildman–Crippen LogP) is 2.76. The van der Waals surface area contributed by atoms with Gasteiger partial charge in [0.05, 0.1) is 12.0 Å². The lowest BCUT2D eigenvalue weighted by Crippen LogP contribution is -2.47. The van der Waals surface area contributed by atoms with Crippen molar-refractivity contribution in [3.8, 4) is 0 Å². The summed E-state index contributed by atoms with van der Waals surface area (Å²) in [6.07, 6.45) is 4.58. The van der Waals surface area contributed by atoms with Crippen LogP contribution in [0.3, 0.4) is 0 Å². The molecular weight excluding hydrogens is 398 g/mol. The summed E-state index contributed by atoms with van der Waals surface area (Å²) in [5, 5.41) is 11.3. The van der Waals surface area contributed by atoms with Crippen molar-refractivity contribution < 1.29 is 19.1 Å². The van der Waals surface area contributed by atoms with E-state index in [1.807, 2.05) is 6.92 Å². The topological polar surface area (TPSA) is 112 Å². The molecule has 2 atom stereocenters. The molecule has 4 N–H and O–H groups in total. The van der Waals surface area contributed by atoms with Crippen LogP contribution < -0.4 is 21.3 Å². The first-order valence-corrected chi connectivity index (χ1v) is 11.2. The first-order valence-electron chi connectivity index (χ1n) is 11.2. The Morgan fingerprint density at radius 2 is 1.77 bits per heavy atom. The third-order valence-electron chi connectivity index (χ3n) is 5.54. The second-order valence-electron chi connectivity index (χ2n) is 8.05. The smallest absolute Gasteiger partial charge is 0.321 e. The van der Waals surface area contributed by atoms with Crippen LogP contribution in [-0.2, 0) is 9.53 Å². The van der Waals surface area contributed by atoms with Gasteiger partial charge in [-0.05, 0) is 56.4 Å². The van der Waals surface area contributed by atoms with E-state index in [2.05, 4.69) is 21.3 Å². The van der Waals surface area contributed by atoms with Crippen LogP contribution in [0.25, 0.3) is 0 Å². The number of benzene rings is 1. The lowest BCUT2D eigenvalue weighted by Gasteiger charge is -2.32. The van der Waals surface area contributed by atoms with Gasteiger partial charge in [-0.2, -0.15) is 0 Å². The maximum atomic E-state index is 12.7. The van der Waals surface area contributed by atoms with Gasteiger partial charge in [-0.3, -0.25) is 4.79 Å². The molecule has 2 saturated heterocycles. The zero-order valence-electron chi connectivity index (χ0n) is 18.1. The van der Waals surface area contributed by atoms with Crippen LogP contribution in [0, 0.1) is 5.92 Å². The quantitative estimate of drug-likeness (QED) is 0.532. The number of nitrogens with one attached hydrogen (secondary N) is 4. The fourth-order valence-corrected chi connectivity index (χ4v) is 3.79. The molecule has 9 nitrogen and oxygen atoms in total. The van der Waals surface area contributed by atoms with Gasteiger partial charge < -0.3 is 30.9 Å². The Morgan fingerprint density at radius 1 is 1.03 bits per heavy atom. The van der Waals surface area contributed by atoms with E-state index in [9.17, 15) is 14.4 Å². The fourth-order valence-electron chi connectivity index (χ4n) is 3.79. The number of anilines is 2. The highest BCUT2D eigenvalue weighted by Crippen LogP contribution is 2.19. The number of carbonyl (C=O) groups is 3. The molecule has 31 heavy (non-hydrogen) atoms. The van der Waals surface area contributed by atoms with Crippen molar-refractivity contribution in [1.82, 2.24) is 15.5 Å². The number of likely N-dealkylation sites (tertiary alicyclic amines) is 1. The molecular formula is C22H33N5O4. The van der Waals surface area contributed by atoms with E-state index in [-0.39, 0.29) is 30.0 Å². The number of hydrogen-bond acceptors (Lipinski definition) is 4. The van der Waals surface area contributed by atoms with Crippen LogP contribution in [-0.4, -0.2) is 61.8 Å². The van der Waals surface area contributed by atoms with Gasteiger partial charge in [-0.15, -0.1) is 0 Å². The SMILES string of the molecule is CCCNC(=O)Nc1ccc(NC(=O)N2CCC[C@H](C(=O)NC[C@@H]3CCCO3)C2)cc1. The van der Waals surface area contributed by atoms with Gasteiger partial charge in [0.25, 0.3) is 0 Å². The number of hydrogen-bond donors (Lipinski definition) is 4. The van der Waals surface area contributed by atoms with Crippen LogP contribution in [0.5, 0.6) is 0 Å². The minimum atomic E-state index is -0.254. The molecule has 3 rings (SSSR count). The van der Waals surface area contributed by atoms with Crippen LogP contribution in [0.2, 0.25) is 0 Å². The molecule has 0 spiro atoms. The van der Waals surface area contributed by atoms with Gasteiger partial charge in [-0.1, -0.05) is 6.92 Å². The lowest BCUT2D eigenvalue weighted by atomic mass is 9.97. The van der Waals surface area contributed by atoms with Crippen molar-refractivity contribution >= 4 is 29.3 Å². The Balaban J connectivity index is 1.44. The summed E-state index contributed by atoms with van der Waals surface area (Å²) in [5.41, 5.74) is 1.28. The van der Waals surface area contributed by atoms with Crippen molar-refractivity contribution in [3.05, 3.63) is 24.3 Å². The monoisotopic (exact) mass is 431 g/mol. The van der Waals surface area contributed by atoms with Crippen molar-refractivity contribution in [2.24, 2.45) is 5.92 Å². The molecule has 0 bridgehead atoms. The van der Waals surface area contributed by atoms with Gasteiger partial charge in [0.15, 0.2) is 0 Å². The lowest BCUT2D eigenvalue weighted by molar-refractivity contribution is -0.126. The Hall–Kier alpha value is -2.81. The molecule has 0 aliphatic carbocycles. The summed E-state index contributed by atoms with van der Waals surface area (Å²) in [4.78, 5) is 38.6. The van der Waals surface area contributed by atoms with E-state index < -0.39 is 0 Å². The van der Waals surface area contributed by atoms with Crippen molar-refractivity contribution in [1.29, 1.82) is 0 Å². The van der Waals surface area contributed by atoms with E-state index in [1.54, 1.807) is 29.2 Å². The molecule has 5 amide bonds.